The van der Waals surface area contributed by atoms with Gasteiger partial charge in [0, 0.05) is 30.9 Å². The molecule has 0 radical (unpaired) electrons. The summed E-state index contributed by atoms with van der Waals surface area (Å²) >= 11 is 0. The van der Waals surface area contributed by atoms with E-state index in [4.69, 9.17) is 4.74 Å². The highest BCUT2D eigenvalue weighted by atomic mass is 32.2. The SMILES string of the molecule is CCNc1cc(OC)ccc1/C(C#N)=C/c1ccc(N(C)S(=O)(=O)CC)cc1. The number of benzene rings is 2. The summed E-state index contributed by atoms with van der Waals surface area (Å²) in [6.07, 6.45) is 1.78. The number of nitrogens with one attached hydrogen (secondary N) is 1. The molecule has 0 amide bonds. The lowest BCUT2D eigenvalue weighted by molar-refractivity contribution is 0.415. The van der Waals surface area contributed by atoms with Crippen LogP contribution in [-0.4, -0.2) is 34.9 Å². The second-order valence-corrected chi connectivity index (χ2v) is 8.36. The van der Waals surface area contributed by atoms with Crippen LogP contribution in [-0.2, 0) is 10.0 Å². The van der Waals surface area contributed by atoms with Gasteiger partial charge in [0.2, 0.25) is 10.0 Å². The lowest BCUT2D eigenvalue weighted by Gasteiger charge is -2.18. The smallest absolute Gasteiger partial charge is 0.234 e. The van der Waals surface area contributed by atoms with E-state index in [1.807, 2.05) is 25.1 Å². The monoisotopic (exact) mass is 399 g/mol. The third kappa shape index (κ3) is 4.84. The summed E-state index contributed by atoms with van der Waals surface area (Å²) in [5, 5.41) is 12.9. The van der Waals surface area contributed by atoms with Gasteiger partial charge in [-0.2, -0.15) is 5.26 Å². The Morgan fingerprint density at radius 2 is 1.89 bits per heavy atom. The molecule has 0 unspecified atom stereocenters. The normalized spacial score (nSPS) is 11.6. The van der Waals surface area contributed by atoms with Gasteiger partial charge in [-0.05, 0) is 49.8 Å². The molecular formula is C21H25N3O3S. The van der Waals surface area contributed by atoms with E-state index in [-0.39, 0.29) is 5.75 Å². The molecule has 0 aromatic heterocycles. The molecule has 0 heterocycles. The molecule has 0 aliphatic heterocycles. The van der Waals surface area contributed by atoms with Gasteiger partial charge in [0.05, 0.1) is 30.2 Å². The molecule has 2 rings (SSSR count). The van der Waals surface area contributed by atoms with Crippen LogP contribution in [0.2, 0.25) is 0 Å². The number of hydrogen-bond acceptors (Lipinski definition) is 5. The van der Waals surface area contributed by atoms with Crippen LogP contribution in [0, 0.1) is 11.3 Å². The Labute approximate surface area is 167 Å². The standard InChI is InChI=1S/C21H25N3O3S/c1-5-23-21-14-19(27-4)11-12-20(21)17(15-22)13-16-7-9-18(10-8-16)24(3)28(25,26)6-2/h7-14,23H,5-6H2,1-4H3/b17-13+. The van der Waals surface area contributed by atoms with Crippen LogP contribution >= 0.6 is 0 Å². The Morgan fingerprint density at radius 3 is 2.43 bits per heavy atom. The molecule has 0 bridgehead atoms. The molecule has 0 spiro atoms. The van der Waals surface area contributed by atoms with Crippen molar-refractivity contribution < 1.29 is 13.2 Å². The number of anilines is 2. The Bertz CT molecular complexity index is 991. The maximum Gasteiger partial charge on any atom is 0.234 e. The third-order valence-electron chi connectivity index (χ3n) is 4.35. The first kappa shape index (κ1) is 21.3. The zero-order valence-corrected chi connectivity index (χ0v) is 17.4. The predicted molar refractivity (Wildman–Crippen MR) is 115 cm³/mol. The van der Waals surface area contributed by atoms with Crippen molar-refractivity contribution in [1.82, 2.24) is 0 Å². The highest BCUT2D eigenvalue weighted by Gasteiger charge is 2.15. The average molecular weight is 400 g/mol. The number of nitriles is 1. The van der Waals surface area contributed by atoms with Crippen LogP contribution in [0.1, 0.15) is 25.0 Å². The second kappa shape index (κ2) is 9.29. The first-order valence-electron chi connectivity index (χ1n) is 8.97. The molecule has 2 aromatic carbocycles. The molecule has 28 heavy (non-hydrogen) atoms. The second-order valence-electron chi connectivity index (χ2n) is 6.07. The largest absolute Gasteiger partial charge is 0.497 e. The first-order chi connectivity index (χ1) is 13.4. The lowest BCUT2D eigenvalue weighted by Crippen LogP contribution is -2.27. The van der Waals surface area contributed by atoms with E-state index in [9.17, 15) is 13.7 Å². The van der Waals surface area contributed by atoms with E-state index >= 15 is 0 Å². The average Bonchev–Trinajstić information content (AvgIpc) is 2.72. The summed E-state index contributed by atoms with van der Waals surface area (Å²) in [6, 6.07) is 14.8. The number of ether oxygens (including phenoxy) is 1. The van der Waals surface area contributed by atoms with Crippen LogP contribution in [0.5, 0.6) is 5.75 Å². The van der Waals surface area contributed by atoms with Gasteiger partial charge in [-0.1, -0.05) is 12.1 Å². The van der Waals surface area contributed by atoms with Gasteiger partial charge < -0.3 is 10.1 Å². The summed E-state index contributed by atoms with van der Waals surface area (Å²) in [4.78, 5) is 0. The van der Waals surface area contributed by atoms with Crippen LogP contribution in [0.25, 0.3) is 11.6 Å². The molecular weight excluding hydrogens is 374 g/mol. The van der Waals surface area contributed by atoms with Crippen molar-refractivity contribution in [3.63, 3.8) is 0 Å². The number of nitrogens with zero attached hydrogens (tertiary/aromatic N) is 2. The molecule has 0 aliphatic rings. The number of rotatable bonds is 8. The number of methoxy groups -OCH3 is 1. The van der Waals surface area contributed by atoms with E-state index in [1.54, 1.807) is 44.4 Å². The summed E-state index contributed by atoms with van der Waals surface area (Å²) in [6.45, 7) is 4.31. The van der Waals surface area contributed by atoms with Crippen molar-refractivity contribution in [3.05, 3.63) is 53.6 Å². The third-order valence-corrected chi connectivity index (χ3v) is 6.13. The zero-order valence-electron chi connectivity index (χ0n) is 16.6. The van der Waals surface area contributed by atoms with Gasteiger partial charge in [-0.15, -0.1) is 0 Å². The number of hydrogen-bond donors (Lipinski definition) is 1. The van der Waals surface area contributed by atoms with Crippen molar-refractivity contribution >= 4 is 33.0 Å². The Kier molecular flexibility index (Phi) is 7.07. The maximum atomic E-state index is 12.0. The molecule has 7 heteroatoms. The molecule has 0 saturated heterocycles. The van der Waals surface area contributed by atoms with Crippen LogP contribution in [0.4, 0.5) is 11.4 Å². The quantitative estimate of drug-likeness (QED) is 0.536. The molecule has 0 aliphatic carbocycles. The van der Waals surface area contributed by atoms with Gasteiger partial charge >= 0.3 is 0 Å². The summed E-state index contributed by atoms with van der Waals surface area (Å²) in [5.41, 5.74) is 3.48. The van der Waals surface area contributed by atoms with Crippen molar-refractivity contribution in [2.24, 2.45) is 0 Å². The minimum Gasteiger partial charge on any atom is -0.497 e. The van der Waals surface area contributed by atoms with E-state index < -0.39 is 10.0 Å². The molecule has 0 fully saturated rings. The van der Waals surface area contributed by atoms with E-state index in [2.05, 4.69) is 11.4 Å². The van der Waals surface area contributed by atoms with E-state index in [1.165, 1.54) is 11.4 Å². The molecule has 0 atom stereocenters. The Balaban J connectivity index is 2.39. The van der Waals surface area contributed by atoms with Crippen LogP contribution in [0.3, 0.4) is 0 Å². The highest BCUT2D eigenvalue weighted by molar-refractivity contribution is 7.92. The summed E-state index contributed by atoms with van der Waals surface area (Å²) < 4.78 is 30.5. The molecule has 6 nitrogen and oxygen atoms in total. The molecule has 148 valence electrons. The van der Waals surface area contributed by atoms with Crippen molar-refractivity contribution in [1.29, 1.82) is 5.26 Å². The van der Waals surface area contributed by atoms with Crippen LogP contribution < -0.4 is 14.4 Å². The van der Waals surface area contributed by atoms with E-state index in [0.717, 1.165) is 16.8 Å². The van der Waals surface area contributed by atoms with Crippen LogP contribution in [0.15, 0.2) is 42.5 Å². The van der Waals surface area contributed by atoms with Gasteiger partial charge in [0.1, 0.15) is 5.75 Å². The number of allylic oxidation sites excluding steroid dienone is 1. The van der Waals surface area contributed by atoms with Gasteiger partial charge in [0.15, 0.2) is 0 Å². The summed E-state index contributed by atoms with van der Waals surface area (Å²) in [7, 11) is -0.175. The fraction of sp³-hybridized carbons (Fsp3) is 0.286. The lowest BCUT2D eigenvalue weighted by atomic mass is 10.0. The minimum atomic E-state index is -3.31. The Morgan fingerprint density at radius 1 is 1.21 bits per heavy atom. The van der Waals surface area contributed by atoms with Gasteiger partial charge in [0.25, 0.3) is 0 Å². The topological polar surface area (TPSA) is 82.4 Å². The number of sulfonamides is 1. The molecule has 2 aromatic rings. The van der Waals surface area contributed by atoms with Gasteiger partial charge in [-0.25, -0.2) is 8.42 Å². The fourth-order valence-electron chi connectivity index (χ4n) is 2.69. The predicted octanol–water partition coefficient (Wildman–Crippen LogP) is 3.98. The van der Waals surface area contributed by atoms with Crippen molar-refractivity contribution in [2.75, 3.05) is 36.1 Å². The summed E-state index contributed by atoms with van der Waals surface area (Å²) in [5.74, 6) is 0.746. The van der Waals surface area contributed by atoms with Gasteiger partial charge in [-0.3, -0.25) is 4.31 Å². The molecule has 0 saturated carbocycles. The minimum absolute atomic E-state index is 0.0361. The zero-order chi connectivity index (χ0) is 20.7. The van der Waals surface area contributed by atoms with Crippen molar-refractivity contribution in [3.8, 4) is 11.8 Å². The van der Waals surface area contributed by atoms with E-state index in [0.29, 0.717) is 23.6 Å². The van der Waals surface area contributed by atoms with Crippen molar-refractivity contribution in [2.45, 2.75) is 13.8 Å². The first-order valence-corrected chi connectivity index (χ1v) is 10.6. The highest BCUT2D eigenvalue weighted by Crippen LogP contribution is 2.30. The molecule has 1 N–H and O–H groups in total. The Hall–Kier alpha value is -2.98. The fourth-order valence-corrected chi connectivity index (χ4v) is 3.52. The maximum absolute atomic E-state index is 12.0.